The molecule has 1 fully saturated rings. The monoisotopic (exact) mass is 369 g/mol. The highest BCUT2D eigenvalue weighted by Gasteiger charge is 2.53. The van der Waals surface area contributed by atoms with Crippen LogP contribution in [0.1, 0.15) is 33.3 Å². The van der Waals surface area contributed by atoms with Crippen LogP contribution < -0.4 is 14.8 Å². The van der Waals surface area contributed by atoms with Gasteiger partial charge in [0.25, 0.3) is 0 Å². The van der Waals surface area contributed by atoms with Gasteiger partial charge in [-0.1, -0.05) is 19.9 Å². The van der Waals surface area contributed by atoms with Gasteiger partial charge in [0.05, 0.1) is 7.11 Å². The molecule has 26 heavy (non-hydrogen) atoms. The lowest BCUT2D eigenvalue weighted by molar-refractivity contribution is -0.0666. The molecule has 7 heteroatoms. The minimum atomic E-state index is -2.88. The topological polar surface area (TPSA) is 46.1 Å². The molecule has 5 nitrogen and oxygen atoms in total. The lowest BCUT2D eigenvalue weighted by Gasteiger charge is -2.62. The molecule has 1 heterocycles. The van der Waals surface area contributed by atoms with Gasteiger partial charge in [-0.05, 0) is 38.0 Å². The summed E-state index contributed by atoms with van der Waals surface area (Å²) in [6.07, 6.45) is 0.653. The van der Waals surface area contributed by atoms with Crippen LogP contribution in [0.5, 0.6) is 11.5 Å². The Kier molecular flexibility index (Phi) is 5.98. The molecule has 0 radical (unpaired) electrons. The predicted octanol–water partition coefficient (Wildman–Crippen LogP) is 3.53. The van der Waals surface area contributed by atoms with Gasteiger partial charge < -0.3 is 19.7 Å². The smallest absolute Gasteiger partial charge is 0.387 e. The summed E-state index contributed by atoms with van der Waals surface area (Å²) in [5.74, 6) is 1.20. The van der Waals surface area contributed by atoms with E-state index in [4.69, 9.17) is 4.74 Å². The van der Waals surface area contributed by atoms with Crippen LogP contribution in [0, 0.1) is 5.41 Å². The number of alkyl halides is 2. The van der Waals surface area contributed by atoms with Gasteiger partial charge >= 0.3 is 6.61 Å². The van der Waals surface area contributed by atoms with Crippen molar-refractivity contribution in [1.82, 2.24) is 10.2 Å². The number of guanidine groups is 1. The first-order valence-corrected chi connectivity index (χ1v) is 8.72. The Bertz CT molecular complexity index is 660. The van der Waals surface area contributed by atoms with E-state index in [2.05, 4.69) is 47.6 Å². The zero-order valence-corrected chi connectivity index (χ0v) is 16.4. The molecule has 0 saturated carbocycles. The van der Waals surface area contributed by atoms with E-state index in [1.165, 1.54) is 7.11 Å². The average Bonchev–Trinajstić information content (AvgIpc) is 2.57. The highest BCUT2D eigenvalue weighted by atomic mass is 19.3. The quantitative estimate of drug-likeness (QED) is 0.615. The van der Waals surface area contributed by atoms with Gasteiger partial charge in [0.1, 0.15) is 0 Å². The number of nitrogens with zero attached hydrogens (tertiary/aromatic N) is 2. The Morgan fingerprint density at radius 3 is 2.46 bits per heavy atom. The molecule has 1 aromatic rings. The number of rotatable bonds is 6. The number of aliphatic imine (C=N–C) groups is 1. The van der Waals surface area contributed by atoms with Crippen molar-refractivity contribution in [1.29, 1.82) is 0 Å². The first-order chi connectivity index (χ1) is 12.1. The van der Waals surface area contributed by atoms with E-state index in [9.17, 15) is 8.78 Å². The molecule has 1 saturated heterocycles. The van der Waals surface area contributed by atoms with E-state index in [1.54, 1.807) is 19.2 Å². The van der Waals surface area contributed by atoms with Gasteiger partial charge in [0.2, 0.25) is 0 Å². The van der Waals surface area contributed by atoms with Crippen molar-refractivity contribution in [3.8, 4) is 11.5 Å². The van der Waals surface area contributed by atoms with E-state index in [0.29, 0.717) is 18.7 Å². The Morgan fingerprint density at radius 2 is 1.96 bits per heavy atom. The molecule has 0 aliphatic carbocycles. The number of likely N-dealkylation sites (tertiary alicyclic amines) is 1. The zero-order chi connectivity index (χ0) is 19.5. The van der Waals surface area contributed by atoms with Crippen molar-refractivity contribution >= 4 is 5.96 Å². The van der Waals surface area contributed by atoms with Crippen molar-refractivity contribution in [3.63, 3.8) is 0 Å². The Balaban J connectivity index is 1.97. The van der Waals surface area contributed by atoms with Crippen molar-refractivity contribution in [3.05, 3.63) is 23.8 Å². The summed E-state index contributed by atoms with van der Waals surface area (Å²) in [5.41, 5.74) is 1.13. The first kappa shape index (κ1) is 20.3. The normalized spacial score (nSPS) is 18.5. The summed E-state index contributed by atoms with van der Waals surface area (Å²) in [4.78, 5) is 6.63. The van der Waals surface area contributed by atoms with Crippen LogP contribution in [-0.2, 0) is 6.42 Å². The molecule has 1 aliphatic heterocycles. The fraction of sp³-hybridized carbons (Fsp3) is 0.632. The summed E-state index contributed by atoms with van der Waals surface area (Å²) in [6, 6.07) is 5.08. The van der Waals surface area contributed by atoms with Gasteiger partial charge in [-0.15, -0.1) is 0 Å². The summed E-state index contributed by atoms with van der Waals surface area (Å²) in [6.45, 7) is 7.61. The van der Waals surface area contributed by atoms with Gasteiger partial charge in [-0.3, -0.25) is 4.99 Å². The fourth-order valence-corrected chi connectivity index (χ4v) is 3.08. The molecule has 0 unspecified atom stereocenters. The Labute approximate surface area is 154 Å². The van der Waals surface area contributed by atoms with E-state index in [-0.39, 0.29) is 16.7 Å². The summed E-state index contributed by atoms with van der Waals surface area (Å²) < 4.78 is 34.6. The highest BCUT2D eigenvalue weighted by Crippen LogP contribution is 2.46. The molecule has 0 atom stereocenters. The number of methoxy groups -OCH3 is 1. The van der Waals surface area contributed by atoms with Crippen LogP contribution in [0.25, 0.3) is 0 Å². The standard InChI is InChI=1S/C19H29F2N3O2/c1-18(2)12-24(19(18,3)4)17(22-5)23-10-9-13-7-8-14(25-6)15(11-13)26-16(20)21/h7-8,11,16H,9-10,12H2,1-6H3,(H,22,23). The second-order valence-electron chi connectivity index (χ2n) is 7.62. The maximum atomic E-state index is 12.5. The molecule has 1 N–H and O–H groups in total. The van der Waals surface area contributed by atoms with Crippen molar-refractivity contribution in [2.24, 2.45) is 10.4 Å². The summed E-state index contributed by atoms with van der Waals surface area (Å²) >= 11 is 0. The van der Waals surface area contributed by atoms with E-state index >= 15 is 0 Å². The van der Waals surface area contributed by atoms with E-state index in [1.807, 2.05) is 6.07 Å². The molecule has 0 spiro atoms. The third-order valence-corrected chi connectivity index (χ3v) is 5.49. The van der Waals surface area contributed by atoms with Gasteiger partial charge in [0.15, 0.2) is 17.5 Å². The SMILES string of the molecule is CN=C(NCCc1ccc(OC)c(OC(F)F)c1)N1CC(C)(C)C1(C)C. The number of halogens is 2. The third-order valence-electron chi connectivity index (χ3n) is 5.49. The van der Waals surface area contributed by atoms with Crippen LogP contribution in [0.15, 0.2) is 23.2 Å². The number of hydrogen-bond donors (Lipinski definition) is 1. The lowest BCUT2D eigenvalue weighted by atomic mass is 9.65. The van der Waals surface area contributed by atoms with Crippen LogP contribution in [0.4, 0.5) is 8.78 Å². The van der Waals surface area contributed by atoms with Crippen LogP contribution in [0.2, 0.25) is 0 Å². The Hall–Kier alpha value is -2.05. The second kappa shape index (κ2) is 7.68. The highest BCUT2D eigenvalue weighted by molar-refractivity contribution is 5.82. The largest absolute Gasteiger partial charge is 0.493 e. The van der Waals surface area contributed by atoms with Crippen molar-refractivity contribution in [2.45, 2.75) is 46.3 Å². The van der Waals surface area contributed by atoms with Crippen LogP contribution in [-0.4, -0.2) is 50.3 Å². The van der Waals surface area contributed by atoms with Gasteiger partial charge in [0, 0.05) is 31.1 Å². The Morgan fingerprint density at radius 1 is 1.27 bits per heavy atom. The number of benzene rings is 1. The summed E-state index contributed by atoms with van der Waals surface area (Å²) in [7, 11) is 3.20. The first-order valence-electron chi connectivity index (χ1n) is 8.72. The third kappa shape index (κ3) is 4.02. The van der Waals surface area contributed by atoms with E-state index in [0.717, 1.165) is 18.1 Å². The summed E-state index contributed by atoms with van der Waals surface area (Å²) in [5, 5.41) is 3.36. The number of nitrogens with one attached hydrogen (secondary N) is 1. The number of hydrogen-bond acceptors (Lipinski definition) is 3. The molecular formula is C19H29F2N3O2. The van der Waals surface area contributed by atoms with Crippen molar-refractivity contribution in [2.75, 3.05) is 27.2 Å². The van der Waals surface area contributed by atoms with Crippen molar-refractivity contribution < 1.29 is 18.3 Å². The minimum Gasteiger partial charge on any atom is -0.493 e. The molecular weight excluding hydrogens is 340 g/mol. The number of ether oxygens (including phenoxy) is 2. The second-order valence-corrected chi connectivity index (χ2v) is 7.62. The zero-order valence-electron chi connectivity index (χ0n) is 16.4. The van der Waals surface area contributed by atoms with E-state index < -0.39 is 6.61 Å². The fourth-order valence-electron chi connectivity index (χ4n) is 3.08. The molecule has 0 aromatic heterocycles. The molecule has 0 amide bonds. The predicted molar refractivity (Wildman–Crippen MR) is 99.3 cm³/mol. The minimum absolute atomic E-state index is 0.0211. The molecule has 2 rings (SSSR count). The lowest BCUT2D eigenvalue weighted by Crippen LogP contribution is -2.72. The maximum Gasteiger partial charge on any atom is 0.387 e. The van der Waals surface area contributed by atoms with Gasteiger partial charge in [-0.2, -0.15) is 8.78 Å². The molecule has 0 bridgehead atoms. The molecule has 1 aliphatic rings. The molecule has 1 aromatic carbocycles. The molecule has 146 valence electrons. The average molecular weight is 369 g/mol. The maximum absolute atomic E-state index is 12.5. The van der Waals surface area contributed by atoms with Crippen LogP contribution >= 0.6 is 0 Å². The van der Waals surface area contributed by atoms with Crippen LogP contribution in [0.3, 0.4) is 0 Å². The van der Waals surface area contributed by atoms with Gasteiger partial charge in [-0.25, -0.2) is 0 Å².